The van der Waals surface area contributed by atoms with E-state index in [0.29, 0.717) is 19.7 Å². The van der Waals surface area contributed by atoms with E-state index in [1.54, 1.807) is 4.90 Å². The Morgan fingerprint density at radius 2 is 2.27 bits per heavy atom. The van der Waals surface area contributed by atoms with Crippen LogP contribution < -0.4 is 20.9 Å². The average molecular weight is 360 g/mol. The molecule has 0 aliphatic carbocycles. The van der Waals surface area contributed by atoms with Gasteiger partial charge in [0.25, 0.3) is 0 Å². The lowest BCUT2D eigenvalue weighted by atomic mass is 10.0. The van der Waals surface area contributed by atoms with Gasteiger partial charge in [-0.2, -0.15) is 0 Å². The lowest BCUT2D eigenvalue weighted by Gasteiger charge is -2.34. The van der Waals surface area contributed by atoms with Gasteiger partial charge in [0, 0.05) is 32.2 Å². The molecule has 4 rings (SSSR count). The van der Waals surface area contributed by atoms with Crippen LogP contribution in [0.1, 0.15) is 12.5 Å². The number of amides is 2. The highest BCUT2D eigenvalue weighted by Crippen LogP contribution is 2.40. The molecule has 1 aromatic carbocycles. The molecule has 0 aromatic heterocycles. The maximum atomic E-state index is 12.3. The minimum absolute atomic E-state index is 0.0529. The van der Waals surface area contributed by atoms with Gasteiger partial charge in [-0.1, -0.05) is 0 Å². The molecule has 0 spiro atoms. The summed E-state index contributed by atoms with van der Waals surface area (Å²) in [6.45, 7) is 4.57. The number of nitrogens with one attached hydrogen (secondary N) is 1. The first kappa shape index (κ1) is 17.1. The molecule has 140 valence electrons. The molecule has 1 aromatic rings. The van der Waals surface area contributed by atoms with Gasteiger partial charge in [0.05, 0.1) is 31.0 Å². The van der Waals surface area contributed by atoms with Gasteiger partial charge in [0.2, 0.25) is 5.91 Å². The highest BCUT2D eigenvalue weighted by Gasteiger charge is 2.47. The molecule has 3 heterocycles. The van der Waals surface area contributed by atoms with Crippen LogP contribution in [0.3, 0.4) is 0 Å². The Bertz CT molecular complexity index is 725. The van der Waals surface area contributed by atoms with Crippen molar-refractivity contribution in [1.82, 2.24) is 5.32 Å². The molecule has 8 heteroatoms. The van der Waals surface area contributed by atoms with Gasteiger partial charge >= 0.3 is 6.09 Å². The van der Waals surface area contributed by atoms with Gasteiger partial charge in [0.15, 0.2) is 0 Å². The fourth-order valence-corrected chi connectivity index (χ4v) is 3.98. The van der Waals surface area contributed by atoms with E-state index in [1.807, 2.05) is 12.1 Å². The number of carbonyl (C=O) groups is 2. The van der Waals surface area contributed by atoms with Gasteiger partial charge in [-0.3, -0.25) is 9.69 Å². The molecule has 2 fully saturated rings. The van der Waals surface area contributed by atoms with Gasteiger partial charge < -0.3 is 25.4 Å². The van der Waals surface area contributed by atoms with Crippen molar-refractivity contribution in [3.63, 3.8) is 0 Å². The van der Waals surface area contributed by atoms with Crippen LogP contribution in [-0.4, -0.2) is 63.0 Å². The fourth-order valence-electron chi connectivity index (χ4n) is 3.98. The number of morpholine rings is 1. The number of anilines is 2. The van der Waals surface area contributed by atoms with Crippen molar-refractivity contribution in [1.29, 1.82) is 0 Å². The number of hydrogen-bond acceptors (Lipinski definition) is 6. The zero-order chi connectivity index (χ0) is 18.3. The molecule has 0 unspecified atom stereocenters. The maximum Gasteiger partial charge on any atom is 0.415 e. The van der Waals surface area contributed by atoms with Crippen LogP contribution >= 0.6 is 0 Å². The van der Waals surface area contributed by atoms with E-state index in [9.17, 15) is 9.59 Å². The van der Waals surface area contributed by atoms with Crippen LogP contribution in [0.25, 0.3) is 0 Å². The highest BCUT2D eigenvalue weighted by molar-refractivity contribution is 5.94. The summed E-state index contributed by atoms with van der Waals surface area (Å²) < 4.78 is 11.1. The molecular weight excluding hydrogens is 336 g/mol. The first-order chi connectivity index (χ1) is 12.6. The Kier molecular flexibility index (Phi) is 4.46. The standard InChI is InChI=1S/C18H24N4O4/c1-11(23)20-9-17-16-7-12-6-13(21-4-5-25-14(8-19)10-21)2-3-15(12)22(16)18(24)26-17/h2-3,6,14,16-17H,4-5,7-10,19H2,1H3,(H,20,23)/t14-,16-,17-/m0/s1. The molecule has 3 aliphatic heterocycles. The summed E-state index contributed by atoms with van der Waals surface area (Å²) in [6.07, 6.45) is 0.111. The molecule has 26 heavy (non-hydrogen) atoms. The SMILES string of the molecule is CC(=O)NC[C@@H]1OC(=O)N2c3ccc(N4CCO[C@@H](CN)C4)cc3C[C@@H]12. The molecule has 3 aliphatic rings. The fraction of sp³-hybridized carbons (Fsp3) is 0.556. The van der Waals surface area contributed by atoms with Crippen LogP contribution in [0, 0.1) is 0 Å². The number of fused-ring (bicyclic) bond motifs is 3. The number of cyclic esters (lactones) is 1. The maximum absolute atomic E-state index is 12.3. The number of ether oxygens (including phenoxy) is 2. The van der Waals surface area contributed by atoms with Crippen molar-refractivity contribution < 1.29 is 19.1 Å². The molecule has 3 N–H and O–H groups in total. The Hall–Kier alpha value is -2.32. The van der Waals surface area contributed by atoms with Gasteiger partial charge in [-0.25, -0.2) is 4.79 Å². The van der Waals surface area contributed by atoms with Gasteiger partial charge in [-0.05, 0) is 30.2 Å². The summed E-state index contributed by atoms with van der Waals surface area (Å²) in [5.41, 5.74) is 8.89. The number of carbonyl (C=O) groups excluding carboxylic acids is 2. The van der Waals surface area contributed by atoms with Crippen LogP contribution in [0.5, 0.6) is 0 Å². The summed E-state index contributed by atoms with van der Waals surface area (Å²) >= 11 is 0. The van der Waals surface area contributed by atoms with E-state index < -0.39 is 0 Å². The third-order valence-electron chi connectivity index (χ3n) is 5.28. The molecule has 3 atom stereocenters. The van der Waals surface area contributed by atoms with Gasteiger partial charge in [-0.15, -0.1) is 0 Å². The lowest BCUT2D eigenvalue weighted by Crippen LogP contribution is -2.45. The second-order valence-electron chi connectivity index (χ2n) is 6.99. The quantitative estimate of drug-likeness (QED) is 0.798. The monoisotopic (exact) mass is 360 g/mol. The summed E-state index contributed by atoms with van der Waals surface area (Å²) in [5.74, 6) is -0.126. The third-order valence-corrected chi connectivity index (χ3v) is 5.28. The smallest absolute Gasteiger partial charge is 0.415 e. The Balaban J connectivity index is 1.52. The number of nitrogens with zero attached hydrogens (tertiary/aromatic N) is 2. The van der Waals surface area contributed by atoms with E-state index in [-0.39, 0.29) is 30.3 Å². The Morgan fingerprint density at radius 1 is 1.42 bits per heavy atom. The van der Waals surface area contributed by atoms with Crippen molar-refractivity contribution in [2.45, 2.75) is 31.6 Å². The Labute approximate surface area is 152 Å². The predicted octanol–water partition coefficient (Wildman–Crippen LogP) is 0.237. The van der Waals surface area contributed by atoms with Gasteiger partial charge in [0.1, 0.15) is 6.10 Å². The van der Waals surface area contributed by atoms with Crippen LogP contribution in [0.15, 0.2) is 18.2 Å². The summed E-state index contributed by atoms with van der Waals surface area (Å²) in [4.78, 5) is 27.5. The number of hydrogen-bond donors (Lipinski definition) is 2. The summed E-state index contributed by atoms with van der Waals surface area (Å²) in [6, 6.07) is 6.10. The number of rotatable bonds is 4. The van der Waals surface area contributed by atoms with E-state index in [4.69, 9.17) is 15.2 Å². The average Bonchev–Trinajstić information content (AvgIpc) is 3.17. The number of benzene rings is 1. The zero-order valence-corrected chi connectivity index (χ0v) is 14.8. The molecule has 0 radical (unpaired) electrons. The van der Waals surface area contributed by atoms with Crippen molar-refractivity contribution in [2.24, 2.45) is 5.73 Å². The molecule has 8 nitrogen and oxygen atoms in total. The van der Waals surface area contributed by atoms with E-state index in [1.165, 1.54) is 6.92 Å². The predicted molar refractivity (Wildman–Crippen MR) is 96.4 cm³/mol. The minimum atomic E-state index is -0.341. The first-order valence-corrected chi connectivity index (χ1v) is 9.00. The summed E-state index contributed by atoms with van der Waals surface area (Å²) in [5, 5.41) is 2.75. The largest absolute Gasteiger partial charge is 0.442 e. The van der Waals surface area contributed by atoms with Crippen LogP contribution in [-0.2, 0) is 20.7 Å². The van der Waals surface area contributed by atoms with E-state index in [2.05, 4.69) is 16.3 Å². The van der Waals surface area contributed by atoms with E-state index >= 15 is 0 Å². The molecular formula is C18H24N4O4. The zero-order valence-electron chi connectivity index (χ0n) is 14.8. The third kappa shape index (κ3) is 2.99. The van der Waals surface area contributed by atoms with Crippen LogP contribution in [0.4, 0.5) is 16.2 Å². The van der Waals surface area contributed by atoms with Crippen molar-refractivity contribution in [3.05, 3.63) is 23.8 Å². The second kappa shape index (κ2) is 6.77. The summed E-state index contributed by atoms with van der Waals surface area (Å²) in [7, 11) is 0. The first-order valence-electron chi connectivity index (χ1n) is 9.00. The molecule has 2 saturated heterocycles. The normalized spacial score (nSPS) is 27.2. The van der Waals surface area contributed by atoms with E-state index in [0.717, 1.165) is 36.4 Å². The van der Waals surface area contributed by atoms with Crippen molar-refractivity contribution in [3.8, 4) is 0 Å². The molecule has 0 saturated carbocycles. The second-order valence-corrected chi connectivity index (χ2v) is 6.99. The van der Waals surface area contributed by atoms with Crippen molar-refractivity contribution in [2.75, 3.05) is 42.6 Å². The van der Waals surface area contributed by atoms with Crippen molar-refractivity contribution >= 4 is 23.4 Å². The molecule has 2 amide bonds. The lowest BCUT2D eigenvalue weighted by molar-refractivity contribution is -0.119. The number of nitrogens with two attached hydrogens (primary N) is 1. The topological polar surface area (TPSA) is 97.1 Å². The minimum Gasteiger partial charge on any atom is -0.442 e. The molecule has 0 bridgehead atoms. The Morgan fingerprint density at radius 3 is 3.04 bits per heavy atom. The highest BCUT2D eigenvalue weighted by atomic mass is 16.6. The van der Waals surface area contributed by atoms with Crippen LogP contribution in [0.2, 0.25) is 0 Å².